The zero-order valence-corrected chi connectivity index (χ0v) is 13.0. The lowest BCUT2D eigenvalue weighted by atomic mass is 10.2. The van der Waals surface area contributed by atoms with Crippen LogP contribution in [0.1, 0.15) is 4.88 Å². The molecule has 19 heavy (non-hydrogen) atoms. The van der Waals surface area contributed by atoms with Crippen molar-refractivity contribution in [2.45, 2.75) is 11.4 Å². The minimum atomic E-state index is -3.72. The molecule has 0 bridgehead atoms. The van der Waals surface area contributed by atoms with Crippen LogP contribution >= 0.6 is 27.3 Å². The number of halogens is 1. The van der Waals surface area contributed by atoms with Crippen LogP contribution in [0.5, 0.6) is 0 Å². The van der Waals surface area contributed by atoms with Crippen molar-refractivity contribution in [2.24, 2.45) is 5.14 Å². The summed E-state index contributed by atoms with van der Waals surface area (Å²) in [6.07, 6.45) is 0. The molecular weight excluding hydrogens is 350 g/mol. The van der Waals surface area contributed by atoms with Crippen LogP contribution in [0, 0.1) is 0 Å². The molecule has 1 aromatic heterocycles. The number of nitrogens with two attached hydrogens (primary N) is 2. The Bertz CT molecular complexity index is 698. The van der Waals surface area contributed by atoms with E-state index in [1.54, 1.807) is 11.3 Å². The van der Waals surface area contributed by atoms with Gasteiger partial charge in [-0.3, -0.25) is 0 Å². The number of hydrogen-bond acceptors (Lipinski definition) is 5. The topological polar surface area (TPSA) is 98.2 Å². The molecular formula is C11H12BrN3O2S2. The van der Waals surface area contributed by atoms with E-state index in [0.29, 0.717) is 17.9 Å². The lowest BCUT2D eigenvalue weighted by molar-refractivity contribution is 0.598. The molecule has 0 saturated carbocycles. The molecule has 0 fully saturated rings. The number of thiophene rings is 1. The Labute approximate surface area is 123 Å². The van der Waals surface area contributed by atoms with Gasteiger partial charge in [-0.15, -0.1) is 11.3 Å². The van der Waals surface area contributed by atoms with Gasteiger partial charge in [0, 0.05) is 11.4 Å². The first kappa shape index (κ1) is 14.3. The molecule has 0 saturated heterocycles. The molecule has 0 aliphatic rings. The van der Waals surface area contributed by atoms with Gasteiger partial charge in [-0.1, -0.05) is 0 Å². The van der Waals surface area contributed by atoms with Gasteiger partial charge in [0.2, 0.25) is 10.0 Å². The highest BCUT2D eigenvalue weighted by Crippen LogP contribution is 2.26. The van der Waals surface area contributed by atoms with Crippen molar-refractivity contribution >= 4 is 48.7 Å². The summed E-state index contributed by atoms with van der Waals surface area (Å²) >= 11 is 4.97. The van der Waals surface area contributed by atoms with E-state index in [0.717, 1.165) is 8.66 Å². The summed E-state index contributed by atoms with van der Waals surface area (Å²) in [5, 5.41) is 8.19. The number of sulfonamides is 1. The van der Waals surface area contributed by atoms with Gasteiger partial charge in [-0.25, -0.2) is 13.6 Å². The Balaban J connectivity index is 2.20. The van der Waals surface area contributed by atoms with Crippen LogP contribution in [0.3, 0.4) is 0 Å². The standard InChI is InChI=1S/C11H12BrN3O2S2/c12-11-4-1-7(18-11)6-15-10-5-8(19(14,16)17)2-3-9(10)13/h1-5,15H,6,13H2,(H2,14,16,17). The largest absolute Gasteiger partial charge is 0.397 e. The van der Waals surface area contributed by atoms with Crippen LogP contribution in [0.25, 0.3) is 0 Å². The van der Waals surface area contributed by atoms with Crippen molar-refractivity contribution < 1.29 is 8.42 Å². The second kappa shape index (κ2) is 5.49. The zero-order valence-electron chi connectivity index (χ0n) is 9.76. The molecule has 0 spiro atoms. The van der Waals surface area contributed by atoms with Gasteiger partial charge in [-0.05, 0) is 46.3 Å². The molecule has 2 aromatic rings. The highest BCUT2D eigenvalue weighted by Gasteiger charge is 2.10. The summed E-state index contributed by atoms with van der Waals surface area (Å²) in [6, 6.07) is 8.27. The number of rotatable bonds is 4. The van der Waals surface area contributed by atoms with E-state index in [-0.39, 0.29) is 4.90 Å². The van der Waals surface area contributed by atoms with E-state index in [1.807, 2.05) is 12.1 Å². The van der Waals surface area contributed by atoms with Gasteiger partial charge in [0.1, 0.15) is 0 Å². The Morgan fingerprint density at radius 2 is 2.00 bits per heavy atom. The van der Waals surface area contributed by atoms with Crippen molar-refractivity contribution in [1.82, 2.24) is 0 Å². The highest BCUT2D eigenvalue weighted by molar-refractivity contribution is 9.11. The average molecular weight is 362 g/mol. The molecule has 1 aromatic carbocycles. The zero-order chi connectivity index (χ0) is 14.0. The molecule has 0 atom stereocenters. The Morgan fingerprint density at radius 3 is 2.58 bits per heavy atom. The summed E-state index contributed by atoms with van der Waals surface area (Å²) in [5.41, 5.74) is 6.83. The lowest BCUT2D eigenvalue weighted by Crippen LogP contribution is -2.13. The first-order valence-electron chi connectivity index (χ1n) is 5.26. The summed E-state index contributed by atoms with van der Waals surface area (Å²) in [6.45, 7) is 0.564. The molecule has 0 unspecified atom stereocenters. The van der Waals surface area contributed by atoms with Crippen molar-refractivity contribution in [1.29, 1.82) is 0 Å². The molecule has 0 radical (unpaired) electrons. The maximum absolute atomic E-state index is 11.3. The molecule has 0 aliphatic heterocycles. The number of primary sulfonamides is 1. The van der Waals surface area contributed by atoms with Crippen LogP contribution in [0.15, 0.2) is 39.0 Å². The first-order valence-corrected chi connectivity index (χ1v) is 8.42. The summed E-state index contributed by atoms with van der Waals surface area (Å²) in [4.78, 5) is 1.14. The van der Waals surface area contributed by atoms with Crippen molar-refractivity contribution in [3.05, 3.63) is 39.0 Å². The third-order valence-electron chi connectivity index (χ3n) is 2.44. The van der Waals surface area contributed by atoms with Gasteiger partial charge >= 0.3 is 0 Å². The van der Waals surface area contributed by atoms with Gasteiger partial charge in [0.15, 0.2) is 0 Å². The van der Waals surface area contributed by atoms with E-state index >= 15 is 0 Å². The first-order chi connectivity index (χ1) is 8.86. The predicted molar refractivity (Wildman–Crippen MR) is 81.6 cm³/mol. The third-order valence-corrected chi connectivity index (χ3v) is 4.97. The van der Waals surface area contributed by atoms with E-state index in [4.69, 9.17) is 10.9 Å². The number of hydrogen-bond donors (Lipinski definition) is 3. The summed E-state index contributed by atoms with van der Waals surface area (Å²) < 4.78 is 23.6. The Hall–Kier alpha value is -1.09. The number of nitrogens with one attached hydrogen (secondary N) is 1. The fourth-order valence-corrected chi connectivity index (χ4v) is 3.46. The van der Waals surface area contributed by atoms with Crippen LogP contribution in [-0.2, 0) is 16.6 Å². The van der Waals surface area contributed by atoms with E-state index in [1.165, 1.54) is 18.2 Å². The highest BCUT2D eigenvalue weighted by atomic mass is 79.9. The molecule has 102 valence electrons. The van der Waals surface area contributed by atoms with Crippen LogP contribution in [0.2, 0.25) is 0 Å². The molecule has 1 heterocycles. The van der Waals surface area contributed by atoms with Crippen LogP contribution in [0.4, 0.5) is 11.4 Å². The van der Waals surface area contributed by atoms with E-state index < -0.39 is 10.0 Å². The molecule has 0 aliphatic carbocycles. The minimum Gasteiger partial charge on any atom is -0.397 e. The molecule has 2 rings (SSSR count). The second-order valence-electron chi connectivity index (χ2n) is 3.85. The third kappa shape index (κ3) is 3.69. The predicted octanol–water partition coefficient (Wildman–Crippen LogP) is 2.35. The quantitative estimate of drug-likeness (QED) is 0.727. The van der Waals surface area contributed by atoms with E-state index in [2.05, 4.69) is 21.2 Å². The maximum atomic E-state index is 11.3. The minimum absolute atomic E-state index is 0.0385. The van der Waals surface area contributed by atoms with Crippen LogP contribution in [-0.4, -0.2) is 8.42 Å². The smallest absolute Gasteiger partial charge is 0.238 e. The van der Waals surface area contributed by atoms with Crippen molar-refractivity contribution in [3.63, 3.8) is 0 Å². The monoisotopic (exact) mass is 361 g/mol. The van der Waals surface area contributed by atoms with Gasteiger partial charge in [-0.2, -0.15) is 0 Å². The van der Waals surface area contributed by atoms with Crippen LogP contribution < -0.4 is 16.2 Å². The molecule has 0 amide bonds. The number of benzene rings is 1. The Kier molecular flexibility index (Phi) is 4.14. The van der Waals surface area contributed by atoms with Gasteiger partial charge in [0.25, 0.3) is 0 Å². The molecule has 5 N–H and O–H groups in total. The number of anilines is 2. The molecule has 8 heteroatoms. The van der Waals surface area contributed by atoms with Gasteiger partial charge < -0.3 is 11.1 Å². The summed E-state index contributed by atoms with van der Waals surface area (Å²) in [5.74, 6) is 0. The van der Waals surface area contributed by atoms with Gasteiger partial charge in [0.05, 0.1) is 20.1 Å². The fourth-order valence-electron chi connectivity index (χ4n) is 1.49. The average Bonchev–Trinajstić information content (AvgIpc) is 2.72. The molecule has 5 nitrogen and oxygen atoms in total. The fraction of sp³-hybridized carbons (Fsp3) is 0.0909. The SMILES string of the molecule is Nc1ccc(S(N)(=O)=O)cc1NCc1ccc(Br)s1. The lowest BCUT2D eigenvalue weighted by Gasteiger charge is -2.09. The Morgan fingerprint density at radius 1 is 1.26 bits per heavy atom. The number of nitrogen functional groups attached to an aromatic ring is 1. The van der Waals surface area contributed by atoms with E-state index in [9.17, 15) is 8.42 Å². The normalized spacial score (nSPS) is 11.5. The van der Waals surface area contributed by atoms with Crippen molar-refractivity contribution in [2.75, 3.05) is 11.1 Å². The maximum Gasteiger partial charge on any atom is 0.238 e. The summed E-state index contributed by atoms with van der Waals surface area (Å²) in [7, 11) is -3.72. The van der Waals surface area contributed by atoms with Crippen molar-refractivity contribution in [3.8, 4) is 0 Å². The second-order valence-corrected chi connectivity index (χ2v) is 7.96.